The van der Waals surface area contributed by atoms with Crippen molar-refractivity contribution in [3.8, 4) is 0 Å². The SMILES string of the molecule is O=C(OCC12CC3CC(CC(F)(C3)C1)C2)C(F)(F)S(=O)(=O)[O-]. The molecule has 0 radical (unpaired) electrons. The summed E-state index contributed by atoms with van der Waals surface area (Å²) >= 11 is 0. The molecule has 4 fully saturated rings. The van der Waals surface area contributed by atoms with E-state index in [9.17, 15) is 30.9 Å². The third kappa shape index (κ3) is 2.51. The smallest absolute Gasteiger partial charge is 0.428 e. The molecule has 0 heterocycles. The molecule has 2 unspecified atom stereocenters. The minimum absolute atomic E-state index is 0.135. The molecule has 4 aliphatic rings. The molecule has 0 aromatic rings. The molecule has 4 bridgehead atoms. The summed E-state index contributed by atoms with van der Waals surface area (Å²) in [7, 11) is -6.12. The summed E-state index contributed by atoms with van der Waals surface area (Å²) in [4.78, 5) is 11.2. The zero-order valence-corrected chi connectivity index (χ0v) is 12.5. The Labute approximate surface area is 126 Å². The van der Waals surface area contributed by atoms with Crippen LogP contribution in [-0.2, 0) is 19.6 Å². The monoisotopic (exact) mass is 341 g/mol. The number of alkyl halides is 3. The van der Waals surface area contributed by atoms with Crippen LogP contribution in [-0.4, -0.2) is 36.5 Å². The Kier molecular flexibility index (Phi) is 3.35. The molecule has 9 heteroatoms. The molecule has 0 N–H and O–H groups in total. The van der Waals surface area contributed by atoms with Crippen molar-refractivity contribution in [3.05, 3.63) is 0 Å². The van der Waals surface area contributed by atoms with Crippen LogP contribution in [0.15, 0.2) is 0 Å². The molecule has 0 aliphatic heterocycles. The predicted octanol–water partition coefficient (Wildman–Crippen LogP) is 1.98. The summed E-state index contributed by atoms with van der Waals surface area (Å²) in [6.45, 7) is -0.463. The molecular formula is C13H16F3O5S-. The number of rotatable bonds is 4. The standard InChI is InChI=1S/C13H17F3O5S/c14-12-4-8-1-9(5-12)3-11(2-8,6-12)7-21-10(17)13(15,16)22(18,19)20/h8-9H,1-7H2,(H,18,19,20)/p-1. The maximum atomic E-state index is 14.6. The third-order valence-corrected chi connectivity index (χ3v) is 5.97. The van der Waals surface area contributed by atoms with E-state index in [1.807, 2.05) is 0 Å². The summed E-state index contributed by atoms with van der Waals surface area (Å²) in [5.41, 5.74) is -2.05. The van der Waals surface area contributed by atoms with Crippen molar-refractivity contribution in [3.63, 3.8) is 0 Å². The van der Waals surface area contributed by atoms with E-state index in [1.165, 1.54) is 0 Å². The van der Waals surface area contributed by atoms with Crippen LogP contribution < -0.4 is 0 Å². The van der Waals surface area contributed by atoms with E-state index >= 15 is 0 Å². The molecule has 4 aliphatic carbocycles. The van der Waals surface area contributed by atoms with Gasteiger partial charge in [-0.2, -0.15) is 8.78 Å². The van der Waals surface area contributed by atoms with Crippen LogP contribution in [0.5, 0.6) is 0 Å². The van der Waals surface area contributed by atoms with Gasteiger partial charge in [0.1, 0.15) is 5.67 Å². The number of hydrogen-bond donors (Lipinski definition) is 0. The van der Waals surface area contributed by atoms with E-state index in [0.717, 1.165) is 6.42 Å². The Bertz CT molecular complexity index is 589. The number of hydrogen-bond acceptors (Lipinski definition) is 5. The minimum atomic E-state index is -6.12. The molecule has 5 nitrogen and oxygen atoms in total. The Morgan fingerprint density at radius 2 is 1.77 bits per heavy atom. The van der Waals surface area contributed by atoms with Gasteiger partial charge in [0.05, 0.1) is 6.61 Å². The van der Waals surface area contributed by atoms with Crippen molar-refractivity contribution in [2.75, 3.05) is 6.61 Å². The molecule has 126 valence electrons. The zero-order valence-electron chi connectivity index (χ0n) is 11.7. The topological polar surface area (TPSA) is 83.5 Å². The lowest BCUT2D eigenvalue weighted by Crippen LogP contribution is -2.55. The first kappa shape index (κ1) is 16.0. The Morgan fingerprint density at radius 1 is 1.23 bits per heavy atom. The van der Waals surface area contributed by atoms with Gasteiger partial charge >= 0.3 is 11.2 Å². The maximum absolute atomic E-state index is 14.6. The van der Waals surface area contributed by atoms with Gasteiger partial charge in [0, 0.05) is 5.41 Å². The van der Waals surface area contributed by atoms with Crippen molar-refractivity contribution in [1.29, 1.82) is 0 Å². The first-order valence-corrected chi connectivity index (χ1v) is 8.55. The van der Waals surface area contributed by atoms with Gasteiger partial charge < -0.3 is 9.29 Å². The van der Waals surface area contributed by atoms with Gasteiger partial charge in [0.25, 0.3) is 0 Å². The van der Waals surface area contributed by atoms with Crippen LogP contribution >= 0.6 is 0 Å². The first-order chi connectivity index (χ1) is 9.95. The fourth-order valence-electron chi connectivity index (χ4n) is 4.91. The molecule has 0 aromatic carbocycles. The van der Waals surface area contributed by atoms with Crippen molar-refractivity contribution in [2.45, 2.75) is 49.4 Å². The van der Waals surface area contributed by atoms with Gasteiger partial charge in [0.15, 0.2) is 10.1 Å². The first-order valence-electron chi connectivity index (χ1n) is 7.14. The normalized spacial score (nSPS) is 40.7. The average Bonchev–Trinajstić information content (AvgIpc) is 2.31. The molecule has 4 saturated carbocycles. The lowest BCUT2D eigenvalue weighted by atomic mass is 9.49. The molecule has 0 saturated heterocycles. The molecular weight excluding hydrogens is 325 g/mol. The van der Waals surface area contributed by atoms with E-state index < -0.39 is 39.0 Å². The van der Waals surface area contributed by atoms with E-state index in [1.54, 1.807) is 0 Å². The van der Waals surface area contributed by atoms with Crippen molar-refractivity contribution in [1.82, 2.24) is 0 Å². The Morgan fingerprint density at radius 3 is 2.23 bits per heavy atom. The fourth-order valence-corrected chi connectivity index (χ4v) is 5.17. The molecule has 0 aromatic heterocycles. The second kappa shape index (κ2) is 4.59. The van der Waals surface area contributed by atoms with E-state index in [4.69, 9.17) is 0 Å². The van der Waals surface area contributed by atoms with Crippen molar-refractivity contribution in [2.24, 2.45) is 17.3 Å². The number of ether oxygens (including phenoxy) is 1. The average molecular weight is 341 g/mol. The maximum Gasteiger partial charge on any atom is 0.428 e. The molecule has 0 amide bonds. The van der Waals surface area contributed by atoms with Gasteiger partial charge in [0.2, 0.25) is 0 Å². The highest BCUT2D eigenvalue weighted by Gasteiger charge is 2.59. The predicted molar refractivity (Wildman–Crippen MR) is 66.6 cm³/mol. The van der Waals surface area contributed by atoms with Crippen molar-refractivity contribution < 1.29 is 35.7 Å². The Hall–Kier alpha value is -0.830. The van der Waals surface area contributed by atoms with Gasteiger partial charge in [-0.3, -0.25) is 0 Å². The highest BCUT2D eigenvalue weighted by Crippen LogP contribution is 2.63. The minimum Gasteiger partial charge on any atom is -0.743 e. The summed E-state index contributed by atoms with van der Waals surface area (Å²) in [5, 5.41) is -5.11. The van der Waals surface area contributed by atoms with E-state index in [0.29, 0.717) is 25.7 Å². The number of esters is 1. The second-order valence-electron chi connectivity index (χ2n) is 7.16. The lowest BCUT2D eigenvalue weighted by Gasteiger charge is -2.58. The van der Waals surface area contributed by atoms with E-state index in [-0.39, 0.29) is 18.3 Å². The number of carbonyl (C=O) groups is 1. The third-order valence-electron chi connectivity index (χ3n) is 5.17. The largest absolute Gasteiger partial charge is 0.743 e. The van der Waals surface area contributed by atoms with Crippen LogP contribution in [0.1, 0.15) is 38.5 Å². The molecule has 22 heavy (non-hydrogen) atoms. The lowest BCUT2D eigenvalue weighted by molar-refractivity contribution is -0.180. The molecule has 0 spiro atoms. The van der Waals surface area contributed by atoms with Gasteiger partial charge in [-0.1, -0.05) is 0 Å². The van der Waals surface area contributed by atoms with Crippen LogP contribution in [0.4, 0.5) is 13.2 Å². The number of halogens is 3. The molecule has 2 atom stereocenters. The second-order valence-corrected chi connectivity index (χ2v) is 8.58. The van der Waals surface area contributed by atoms with Crippen LogP contribution in [0, 0.1) is 17.3 Å². The summed E-state index contributed by atoms with van der Waals surface area (Å²) in [6, 6.07) is 0. The molecule has 4 rings (SSSR count). The van der Waals surface area contributed by atoms with Gasteiger partial charge in [-0.25, -0.2) is 17.6 Å². The van der Waals surface area contributed by atoms with E-state index in [2.05, 4.69) is 4.74 Å². The zero-order chi connectivity index (χ0) is 16.4. The van der Waals surface area contributed by atoms with Gasteiger partial charge in [-0.05, 0) is 50.4 Å². The van der Waals surface area contributed by atoms with Crippen LogP contribution in [0.3, 0.4) is 0 Å². The van der Waals surface area contributed by atoms with Crippen molar-refractivity contribution >= 4 is 16.1 Å². The summed E-state index contributed by atoms with van der Waals surface area (Å²) < 4.78 is 76.5. The quantitative estimate of drug-likeness (QED) is 0.577. The van der Waals surface area contributed by atoms with Crippen LogP contribution in [0.2, 0.25) is 0 Å². The Balaban J connectivity index is 1.71. The van der Waals surface area contributed by atoms with Gasteiger partial charge in [-0.15, -0.1) is 0 Å². The highest BCUT2D eigenvalue weighted by molar-refractivity contribution is 7.87. The number of carbonyl (C=O) groups excluding carboxylic acids is 1. The summed E-state index contributed by atoms with van der Waals surface area (Å²) in [5.74, 6) is -2.08. The fraction of sp³-hybridized carbons (Fsp3) is 0.923. The highest BCUT2D eigenvalue weighted by atomic mass is 32.2. The van der Waals surface area contributed by atoms with Crippen LogP contribution in [0.25, 0.3) is 0 Å². The summed E-state index contributed by atoms with van der Waals surface area (Å²) in [6.07, 6.45) is 3.09.